The summed E-state index contributed by atoms with van der Waals surface area (Å²) in [6, 6.07) is -1.22. The minimum Gasteiger partial charge on any atom is -0.445 e. The molecule has 1 fully saturated rings. The van der Waals surface area contributed by atoms with Crippen LogP contribution in [0.15, 0.2) is 12.7 Å². The van der Waals surface area contributed by atoms with E-state index in [4.69, 9.17) is 4.74 Å². The molecule has 7 nitrogen and oxygen atoms in total. The van der Waals surface area contributed by atoms with Gasteiger partial charge in [0.25, 0.3) is 0 Å². The second-order valence-electron chi connectivity index (χ2n) is 6.47. The van der Waals surface area contributed by atoms with Gasteiger partial charge in [-0.2, -0.15) is 13.2 Å². The van der Waals surface area contributed by atoms with Crippen LogP contribution in [-0.4, -0.2) is 83.5 Å². The number of Topliss-reactive ketones (excluding diaryl/α,β-unsaturated/α-hetero) is 1. The van der Waals surface area contributed by atoms with Gasteiger partial charge in [-0.15, -0.1) is 0 Å². The molecule has 1 rings (SSSR count). The lowest BCUT2D eigenvalue weighted by Crippen LogP contribution is -2.66. The third-order valence-electron chi connectivity index (χ3n) is 4.30. The molecule has 1 saturated heterocycles. The largest absolute Gasteiger partial charge is 0.445 e. The fourth-order valence-electron chi connectivity index (χ4n) is 2.59. The Morgan fingerprint density at radius 1 is 1.30 bits per heavy atom. The molecule has 1 atom stereocenters. The number of halogens is 4. The third kappa shape index (κ3) is 6.49. The minimum absolute atomic E-state index is 0.0269. The highest BCUT2D eigenvalue weighted by Gasteiger charge is 2.43. The smallest absolute Gasteiger partial charge is 0.410 e. The number of ether oxygens (including phenoxy) is 1. The molecule has 1 N–H and O–H groups in total. The number of carbonyl (C=O) groups is 3. The molecular weight excluding hydrogens is 435 g/mol. The van der Waals surface area contributed by atoms with E-state index < -0.39 is 36.3 Å². The molecule has 0 aromatic rings. The molecule has 0 aliphatic carbocycles. The molecule has 0 spiro atoms. The average Bonchev–Trinajstić information content (AvgIpc) is 2.62. The summed E-state index contributed by atoms with van der Waals surface area (Å²) in [5.74, 6) is -1.12. The van der Waals surface area contributed by atoms with Crippen LogP contribution in [0.2, 0.25) is 0 Å². The molecule has 0 aromatic heterocycles. The molecule has 11 heteroatoms. The first-order valence-electron chi connectivity index (χ1n) is 8.17. The van der Waals surface area contributed by atoms with Gasteiger partial charge in [0.05, 0.1) is 10.9 Å². The van der Waals surface area contributed by atoms with Gasteiger partial charge in [0, 0.05) is 19.6 Å². The van der Waals surface area contributed by atoms with E-state index in [1.807, 2.05) is 0 Å². The minimum atomic E-state index is -4.58. The van der Waals surface area contributed by atoms with Gasteiger partial charge in [-0.3, -0.25) is 19.4 Å². The molecule has 27 heavy (non-hydrogen) atoms. The summed E-state index contributed by atoms with van der Waals surface area (Å²) >= 11 is 3.10. The summed E-state index contributed by atoms with van der Waals surface area (Å²) in [4.78, 5) is 39.4. The number of rotatable bonds is 7. The average molecular weight is 458 g/mol. The van der Waals surface area contributed by atoms with Gasteiger partial charge in [-0.25, -0.2) is 4.79 Å². The summed E-state index contributed by atoms with van der Waals surface area (Å²) in [6.07, 6.45) is -4.07. The predicted octanol–water partition coefficient (Wildman–Crippen LogP) is 1.72. The Hall–Kier alpha value is -1.62. The van der Waals surface area contributed by atoms with Crippen LogP contribution in [0.3, 0.4) is 0 Å². The molecule has 1 aliphatic heterocycles. The lowest BCUT2D eigenvalue weighted by Gasteiger charge is -2.45. The highest BCUT2D eigenvalue weighted by Crippen LogP contribution is 2.23. The lowest BCUT2D eigenvalue weighted by atomic mass is 9.95. The molecule has 0 radical (unpaired) electrons. The number of nitrogens with one attached hydrogen (secondary N) is 1. The van der Waals surface area contributed by atoms with Gasteiger partial charge in [0.15, 0.2) is 5.78 Å². The quantitative estimate of drug-likeness (QED) is 0.465. The predicted molar refractivity (Wildman–Crippen MR) is 95.6 cm³/mol. The number of carbonyl (C=O) groups excluding carboxylic acids is 3. The first-order chi connectivity index (χ1) is 12.4. The van der Waals surface area contributed by atoms with Crippen LogP contribution in [0.5, 0.6) is 0 Å². The van der Waals surface area contributed by atoms with Crippen molar-refractivity contribution in [2.24, 2.45) is 0 Å². The van der Waals surface area contributed by atoms with E-state index in [9.17, 15) is 27.6 Å². The van der Waals surface area contributed by atoms with E-state index in [0.29, 0.717) is 0 Å². The summed E-state index contributed by atoms with van der Waals surface area (Å²) in [7, 11) is 0. The van der Waals surface area contributed by atoms with Crippen LogP contribution >= 0.6 is 15.9 Å². The SMILES string of the molecule is C=CCOC(=O)N1CCN(C(C)(C)C(=O)CBr)CC1C(=O)NCC(F)(F)F. The second-order valence-corrected chi connectivity index (χ2v) is 7.03. The number of alkyl halides is 4. The maximum absolute atomic E-state index is 12.4. The Labute approximate surface area is 164 Å². The number of amides is 2. The summed E-state index contributed by atoms with van der Waals surface area (Å²) in [5, 5.41) is 1.88. The highest BCUT2D eigenvalue weighted by atomic mass is 79.9. The van der Waals surface area contributed by atoms with Crippen molar-refractivity contribution in [3.8, 4) is 0 Å². The van der Waals surface area contributed by atoms with E-state index in [2.05, 4.69) is 22.5 Å². The molecule has 0 bridgehead atoms. The van der Waals surface area contributed by atoms with E-state index in [-0.39, 0.29) is 37.4 Å². The van der Waals surface area contributed by atoms with E-state index in [1.54, 1.807) is 24.1 Å². The number of ketones is 1. The Morgan fingerprint density at radius 3 is 2.44 bits per heavy atom. The van der Waals surface area contributed by atoms with Crippen molar-refractivity contribution in [1.82, 2.24) is 15.1 Å². The number of nitrogens with zero attached hydrogens (tertiary/aromatic N) is 2. The summed E-state index contributed by atoms with van der Waals surface area (Å²) in [6.45, 7) is 5.31. The summed E-state index contributed by atoms with van der Waals surface area (Å²) < 4.78 is 42.2. The standard InChI is InChI=1S/C16H23BrF3N3O4/c1-4-7-27-14(26)23-6-5-22(15(2,3)12(24)8-17)9-11(23)13(25)21-10-16(18,19)20/h4,11H,1,5-10H2,2-3H3,(H,21,25). The Kier molecular flexibility index (Phi) is 8.27. The zero-order valence-corrected chi connectivity index (χ0v) is 16.7. The fourth-order valence-corrected chi connectivity index (χ4v) is 3.28. The van der Waals surface area contributed by atoms with Gasteiger partial charge in [-0.05, 0) is 13.8 Å². The first-order valence-corrected chi connectivity index (χ1v) is 9.29. The number of hydrogen-bond donors (Lipinski definition) is 1. The lowest BCUT2D eigenvalue weighted by molar-refractivity contribution is -0.144. The van der Waals surface area contributed by atoms with Crippen molar-refractivity contribution in [1.29, 1.82) is 0 Å². The van der Waals surface area contributed by atoms with Crippen molar-refractivity contribution in [2.75, 3.05) is 38.1 Å². The molecule has 1 unspecified atom stereocenters. The zero-order valence-electron chi connectivity index (χ0n) is 15.1. The van der Waals surface area contributed by atoms with Crippen molar-refractivity contribution in [2.45, 2.75) is 31.6 Å². The Bertz CT molecular complexity index is 584. The maximum atomic E-state index is 12.4. The van der Waals surface area contributed by atoms with E-state index >= 15 is 0 Å². The van der Waals surface area contributed by atoms with Crippen LogP contribution < -0.4 is 5.32 Å². The van der Waals surface area contributed by atoms with Crippen molar-refractivity contribution in [3.05, 3.63) is 12.7 Å². The van der Waals surface area contributed by atoms with E-state index in [1.165, 1.54) is 6.08 Å². The molecule has 0 aromatic carbocycles. The maximum Gasteiger partial charge on any atom is 0.410 e. The number of hydrogen-bond acceptors (Lipinski definition) is 5. The van der Waals surface area contributed by atoms with Gasteiger partial charge in [0.1, 0.15) is 19.2 Å². The van der Waals surface area contributed by atoms with Crippen LogP contribution in [0, 0.1) is 0 Å². The van der Waals surface area contributed by atoms with Crippen LogP contribution in [-0.2, 0) is 14.3 Å². The Balaban J connectivity index is 3.00. The van der Waals surface area contributed by atoms with Crippen LogP contribution in [0.4, 0.5) is 18.0 Å². The topological polar surface area (TPSA) is 79.0 Å². The van der Waals surface area contributed by atoms with Gasteiger partial charge in [0.2, 0.25) is 5.91 Å². The van der Waals surface area contributed by atoms with E-state index in [0.717, 1.165) is 4.90 Å². The molecule has 1 heterocycles. The van der Waals surface area contributed by atoms with Gasteiger partial charge >= 0.3 is 12.3 Å². The van der Waals surface area contributed by atoms with Crippen molar-refractivity contribution in [3.63, 3.8) is 0 Å². The third-order valence-corrected chi connectivity index (χ3v) is 4.81. The highest BCUT2D eigenvalue weighted by molar-refractivity contribution is 9.09. The second kappa shape index (κ2) is 9.54. The fraction of sp³-hybridized carbons (Fsp3) is 0.688. The van der Waals surface area contributed by atoms with Crippen LogP contribution in [0.1, 0.15) is 13.8 Å². The molecule has 2 amide bonds. The van der Waals surface area contributed by atoms with Gasteiger partial charge in [-0.1, -0.05) is 28.6 Å². The first kappa shape index (κ1) is 23.4. The zero-order chi connectivity index (χ0) is 20.8. The van der Waals surface area contributed by atoms with Crippen molar-refractivity contribution >= 4 is 33.7 Å². The monoisotopic (exact) mass is 457 g/mol. The molecular formula is C16H23BrF3N3O4. The van der Waals surface area contributed by atoms with Crippen molar-refractivity contribution < 1.29 is 32.3 Å². The van der Waals surface area contributed by atoms with Gasteiger partial charge < -0.3 is 10.1 Å². The summed E-state index contributed by atoms with van der Waals surface area (Å²) in [5.41, 5.74) is -0.955. The molecule has 1 aliphatic rings. The molecule has 0 saturated carbocycles. The normalized spacial score (nSPS) is 18.7. The van der Waals surface area contributed by atoms with Crippen LogP contribution in [0.25, 0.3) is 0 Å². The molecule has 154 valence electrons. The Morgan fingerprint density at radius 2 is 1.93 bits per heavy atom. The number of piperazine rings is 1.